The minimum atomic E-state index is -0.946. The van der Waals surface area contributed by atoms with Gasteiger partial charge in [-0.3, -0.25) is 4.79 Å². The first-order valence-electron chi connectivity index (χ1n) is 5.97. The van der Waals surface area contributed by atoms with Gasteiger partial charge in [0.1, 0.15) is 0 Å². The second-order valence-corrected chi connectivity index (χ2v) is 4.29. The molecule has 1 aliphatic heterocycles. The van der Waals surface area contributed by atoms with Crippen molar-refractivity contribution in [1.82, 2.24) is 4.90 Å². The average Bonchev–Trinajstić information content (AvgIpc) is 2.90. The van der Waals surface area contributed by atoms with Crippen molar-refractivity contribution in [2.45, 2.75) is 12.8 Å². The highest BCUT2D eigenvalue weighted by Crippen LogP contribution is 2.10. The summed E-state index contributed by atoms with van der Waals surface area (Å²) >= 11 is 0. The molecule has 1 amide bonds. The standard InChI is InChI=1S/C14H15NO3/c16-13(15-9-1-2-10-15)8-5-11-3-6-12(7-4-11)14(17)18/h3-8H,1-2,9-10H2,(H,17,18). The highest BCUT2D eigenvalue weighted by molar-refractivity contribution is 5.92. The Labute approximate surface area is 106 Å². The van der Waals surface area contributed by atoms with Gasteiger partial charge in [-0.25, -0.2) is 4.79 Å². The van der Waals surface area contributed by atoms with Crippen molar-refractivity contribution in [3.05, 3.63) is 41.5 Å². The third-order valence-electron chi connectivity index (χ3n) is 2.99. The lowest BCUT2D eigenvalue weighted by Crippen LogP contribution is -2.25. The molecule has 1 aliphatic rings. The minimum Gasteiger partial charge on any atom is -0.478 e. The molecule has 1 N–H and O–H groups in total. The Morgan fingerprint density at radius 3 is 2.28 bits per heavy atom. The normalized spacial score (nSPS) is 15.2. The molecule has 18 heavy (non-hydrogen) atoms. The molecule has 0 aliphatic carbocycles. The summed E-state index contributed by atoms with van der Waals surface area (Å²) in [4.78, 5) is 24.2. The van der Waals surface area contributed by atoms with Crippen LogP contribution in [0.4, 0.5) is 0 Å². The van der Waals surface area contributed by atoms with Gasteiger partial charge in [0, 0.05) is 19.2 Å². The number of carboxylic acids is 1. The zero-order valence-corrected chi connectivity index (χ0v) is 10.0. The number of likely N-dealkylation sites (tertiary alicyclic amines) is 1. The molecule has 4 nitrogen and oxygen atoms in total. The topological polar surface area (TPSA) is 57.6 Å². The second kappa shape index (κ2) is 5.49. The summed E-state index contributed by atoms with van der Waals surface area (Å²) in [5.41, 5.74) is 1.07. The quantitative estimate of drug-likeness (QED) is 0.829. The Morgan fingerprint density at radius 1 is 1.11 bits per heavy atom. The molecule has 1 aromatic carbocycles. The summed E-state index contributed by atoms with van der Waals surface area (Å²) < 4.78 is 0. The van der Waals surface area contributed by atoms with Crippen molar-refractivity contribution >= 4 is 18.0 Å². The maximum Gasteiger partial charge on any atom is 0.335 e. The van der Waals surface area contributed by atoms with E-state index in [0.717, 1.165) is 31.5 Å². The van der Waals surface area contributed by atoms with E-state index in [9.17, 15) is 9.59 Å². The number of amides is 1. The summed E-state index contributed by atoms with van der Waals surface area (Å²) in [5, 5.41) is 8.76. The number of carbonyl (C=O) groups is 2. The third kappa shape index (κ3) is 2.97. The Balaban J connectivity index is 1.99. The van der Waals surface area contributed by atoms with Crippen LogP contribution in [0, 0.1) is 0 Å². The number of aromatic carboxylic acids is 1. The number of hydrogen-bond donors (Lipinski definition) is 1. The largest absolute Gasteiger partial charge is 0.478 e. The van der Waals surface area contributed by atoms with Crippen molar-refractivity contribution in [1.29, 1.82) is 0 Å². The van der Waals surface area contributed by atoms with Crippen molar-refractivity contribution in [3.8, 4) is 0 Å². The first-order chi connectivity index (χ1) is 8.66. The molecule has 94 valence electrons. The van der Waals surface area contributed by atoms with Crippen molar-refractivity contribution in [3.63, 3.8) is 0 Å². The van der Waals surface area contributed by atoms with E-state index in [0.29, 0.717) is 0 Å². The van der Waals surface area contributed by atoms with Gasteiger partial charge in [0.2, 0.25) is 5.91 Å². The Bertz CT molecular complexity index is 470. The Hall–Kier alpha value is -2.10. The van der Waals surface area contributed by atoms with Crippen LogP contribution in [0.15, 0.2) is 30.3 Å². The number of benzene rings is 1. The smallest absolute Gasteiger partial charge is 0.335 e. The highest BCUT2D eigenvalue weighted by Gasteiger charge is 2.14. The highest BCUT2D eigenvalue weighted by atomic mass is 16.4. The van der Waals surface area contributed by atoms with Crippen molar-refractivity contribution < 1.29 is 14.7 Å². The van der Waals surface area contributed by atoms with Crippen LogP contribution < -0.4 is 0 Å². The molecule has 0 spiro atoms. The predicted octanol–water partition coefficient (Wildman–Crippen LogP) is 2.02. The van der Waals surface area contributed by atoms with E-state index < -0.39 is 5.97 Å². The predicted molar refractivity (Wildman–Crippen MR) is 68.2 cm³/mol. The zero-order valence-electron chi connectivity index (χ0n) is 10.0. The molecule has 1 fully saturated rings. The third-order valence-corrected chi connectivity index (χ3v) is 2.99. The van der Waals surface area contributed by atoms with E-state index in [2.05, 4.69) is 0 Å². The molecule has 0 bridgehead atoms. The molecule has 0 atom stereocenters. The van der Waals surface area contributed by atoms with Crippen LogP contribution in [0.2, 0.25) is 0 Å². The summed E-state index contributed by atoms with van der Waals surface area (Å²) in [5.74, 6) is -0.923. The number of hydrogen-bond acceptors (Lipinski definition) is 2. The maximum absolute atomic E-state index is 11.7. The fourth-order valence-corrected chi connectivity index (χ4v) is 1.95. The summed E-state index contributed by atoms with van der Waals surface area (Å²) in [7, 11) is 0. The minimum absolute atomic E-state index is 0.0230. The van der Waals surface area contributed by atoms with Crippen LogP contribution in [-0.2, 0) is 4.79 Å². The summed E-state index contributed by atoms with van der Waals surface area (Å²) in [6.45, 7) is 1.67. The molecular formula is C14H15NO3. The Morgan fingerprint density at radius 2 is 1.72 bits per heavy atom. The van der Waals surface area contributed by atoms with E-state index in [1.165, 1.54) is 12.1 Å². The molecular weight excluding hydrogens is 230 g/mol. The molecule has 0 aromatic heterocycles. The number of nitrogens with zero attached hydrogens (tertiary/aromatic N) is 1. The molecule has 2 rings (SSSR count). The summed E-state index contributed by atoms with van der Waals surface area (Å²) in [6, 6.07) is 6.44. The van der Waals surface area contributed by atoms with Crippen molar-refractivity contribution in [2.75, 3.05) is 13.1 Å². The van der Waals surface area contributed by atoms with Gasteiger partial charge < -0.3 is 10.0 Å². The SMILES string of the molecule is O=C(O)c1ccc(C=CC(=O)N2CCCC2)cc1. The fraction of sp³-hybridized carbons (Fsp3) is 0.286. The van der Waals surface area contributed by atoms with Gasteiger partial charge in [-0.1, -0.05) is 12.1 Å². The van der Waals surface area contributed by atoms with Gasteiger partial charge in [0.15, 0.2) is 0 Å². The van der Waals surface area contributed by atoms with E-state index in [1.54, 1.807) is 24.3 Å². The lowest BCUT2D eigenvalue weighted by Gasteiger charge is -2.11. The van der Waals surface area contributed by atoms with E-state index >= 15 is 0 Å². The van der Waals surface area contributed by atoms with Crippen LogP contribution in [0.5, 0.6) is 0 Å². The van der Waals surface area contributed by atoms with E-state index in [-0.39, 0.29) is 11.5 Å². The van der Waals surface area contributed by atoms with Crippen LogP contribution in [0.25, 0.3) is 6.08 Å². The lowest BCUT2D eigenvalue weighted by atomic mass is 10.1. The van der Waals surface area contributed by atoms with Gasteiger partial charge >= 0.3 is 5.97 Å². The van der Waals surface area contributed by atoms with Crippen LogP contribution in [-0.4, -0.2) is 35.0 Å². The van der Waals surface area contributed by atoms with Gasteiger partial charge in [-0.05, 0) is 36.6 Å². The van der Waals surface area contributed by atoms with Crippen molar-refractivity contribution in [2.24, 2.45) is 0 Å². The van der Waals surface area contributed by atoms with Crippen LogP contribution >= 0.6 is 0 Å². The van der Waals surface area contributed by atoms with Gasteiger partial charge in [-0.15, -0.1) is 0 Å². The molecule has 0 saturated carbocycles. The molecule has 1 aromatic rings. The monoisotopic (exact) mass is 245 g/mol. The van der Waals surface area contributed by atoms with Gasteiger partial charge in [-0.2, -0.15) is 0 Å². The molecule has 4 heteroatoms. The zero-order chi connectivity index (χ0) is 13.0. The molecule has 1 heterocycles. The molecule has 1 saturated heterocycles. The van der Waals surface area contributed by atoms with E-state index in [4.69, 9.17) is 5.11 Å². The van der Waals surface area contributed by atoms with Crippen LogP contribution in [0.1, 0.15) is 28.8 Å². The van der Waals surface area contributed by atoms with E-state index in [1.807, 2.05) is 4.90 Å². The van der Waals surface area contributed by atoms with Gasteiger partial charge in [0.05, 0.1) is 5.56 Å². The first-order valence-corrected chi connectivity index (χ1v) is 5.97. The maximum atomic E-state index is 11.7. The number of rotatable bonds is 3. The summed E-state index contributed by atoms with van der Waals surface area (Å²) in [6.07, 6.45) is 5.41. The fourth-order valence-electron chi connectivity index (χ4n) is 1.95. The average molecular weight is 245 g/mol. The number of carboxylic acid groups (broad SMARTS) is 1. The number of carbonyl (C=O) groups excluding carboxylic acids is 1. The van der Waals surface area contributed by atoms with Crippen LogP contribution in [0.3, 0.4) is 0 Å². The molecule has 0 unspecified atom stereocenters. The van der Waals surface area contributed by atoms with Gasteiger partial charge in [0.25, 0.3) is 0 Å². The molecule has 0 radical (unpaired) electrons. The first kappa shape index (κ1) is 12.4. The lowest BCUT2D eigenvalue weighted by molar-refractivity contribution is -0.124. The Kier molecular flexibility index (Phi) is 3.77. The second-order valence-electron chi connectivity index (χ2n) is 4.29.